The van der Waals surface area contributed by atoms with Gasteiger partial charge in [0.1, 0.15) is 0 Å². The average Bonchev–Trinajstić information content (AvgIpc) is 2.76. The highest BCUT2D eigenvalue weighted by atomic mass is 16.1. The second kappa shape index (κ2) is 22.1. The van der Waals surface area contributed by atoms with Crippen molar-refractivity contribution in [1.29, 1.82) is 0 Å². The van der Waals surface area contributed by atoms with E-state index >= 15 is 0 Å². The Kier molecular flexibility index (Phi) is 21.6. The zero-order valence-electron chi connectivity index (χ0n) is 22.1. The molecule has 0 rings (SSSR count). The molecule has 0 aromatic rings. The molecule has 0 heterocycles. The van der Waals surface area contributed by atoms with E-state index in [1.165, 1.54) is 64.2 Å². The highest BCUT2D eigenvalue weighted by molar-refractivity contribution is 5.75. The Bertz CT molecular complexity index is 419. The quantitative estimate of drug-likeness (QED) is 0.150. The fourth-order valence-electron chi connectivity index (χ4n) is 3.66. The molecule has 4 unspecified atom stereocenters. The summed E-state index contributed by atoms with van der Waals surface area (Å²) in [6, 6.07) is 1.23. The number of hydrogen-bond donors (Lipinski definition) is 5. The number of rotatable bonds is 23. The summed E-state index contributed by atoms with van der Waals surface area (Å²) in [4.78, 5) is 12.1. The zero-order chi connectivity index (χ0) is 24.0. The molecule has 6 nitrogen and oxygen atoms in total. The highest BCUT2D eigenvalue weighted by Crippen LogP contribution is 2.11. The van der Waals surface area contributed by atoms with Crippen LogP contribution >= 0.6 is 0 Å². The Morgan fingerprint density at radius 1 is 0.625 bits per heavy atom. The molecule has 0 aromatic heterocycles. The molecular formula is C26H57N5O. The van der Waals surface area contributed by atoms with Crippen molar-refractivity contribution in [2.75, 3.05) is 26.2 Å². The Labute approximate surface area is 200 Å². The maximum absolute atomic E-state index is 12.1. The smallest absolute Gasteiger partial charge is 0.220 e. The average molecular weight is 456 g/mol. The molecule has 32 heavy (non-hydrogen) atoms. The monoisotopic (exact) mass is 455 g/mol. The summed E-state index contributed by atoms with van der Waals surface area (Å²) in [6.07, 6.45) is 15.1. The predicted molar refractivity (Wildman–Crippen MR) is 140 cm³/mol. The molecule has 0 aromatic carbocycles. The van der Waals surface area contributed by atoms with Crippen molar-refractivity contribution in [3.63, 3.8) is 0 Å². The summed E-state index contributed by atoms with van der Waals surface area (Å²) in [6.45, 7) is 14.1. The summed E-state index contributed by atoms with van der Waals surface area (Å²) in [5, 5.41) is 13.5. The van der Waals surface area contributed by atoms with Crippen molar-refractivity contribution in [3.8, 4) is 0 Å². The molecule has 0 aliphatic rings. The lowest BCUT2D eigenvalue weighted by atomic mass is 10.1. The molecule has 0 saturated heterocycles. The van der Waals surface area contributed by atoms with Crippen LogP contribution in [0.25, 0.3) is 0 Å². The van der Waals surface area contributed by atoms with E-state index in [4.69, 9.17) is 5.73 Å². The fraction of sp³-hybridized carbons (Fsp3) is 0.962. The number of unbranched alkanes of at least 4 members (excludes halogenated alkanes) is 10. The van der Waals surface area contributed by atoms with Gasteiger partial charge in [0.15, 0.2) is 0 Å². The van der Waals surface area contributed by atoms with E-state index in [-0.39, 0.29) is 18.0 Å². The third-order valence-corrected chi connectivity index (χ3v) is 5.95. The minimum atomic E-state index is 0.183. The third kappa shape index (κ3) is 22.5. The zero-order valence-corrected chi connectivity index (χ0v) is 22.1. The van der Waals surface area contributed by atoms with Crippen LogP contribution in [0, 0.1) is 0 Å². The van der Waals surface area contributed by atoms with E-state index in [0.717, 1.165) is 26.1 Å². The van der Waals surface area contributed by atoms with Crippen LogP contribution in [0.1, 0.15) is 112 Å². The summed E-state index contributed by atoms with van der Waals surface area (Å²) in [5.41, 5.74) is 5.78. The van der Waals surface area contributed by atoms with Crippen molar-refractivity contribution in [2.24, 2.45) is 5.73 Å². The lowest BCUT2D eigenvalue weighted by Gasteiger charge is -2.22. The molecule has 0 saturated carbocycles. The van der Waals surface area contributed by atoms with E-state index < -0.39 is 0 Å². The molecule has 0 aliphatic heterocycles. The normalized spacial score (nSPS) is 15.3. The first-order valence-corrected chi connectivity index (χ1v) is 13.6. The molecule has 6 N–H and O–H groups in total. The Morgan fingerprint density at radius 3 is 1.50 bits per heavy atom. The summed E-state index contributed by atoms with van der Waals surface area (Å²) in [5.74, 6) is 0.190. The van der Waals surface area contributed by atoms with Gasteiger partial charge in [-0.25, -0.2) is 0 Å². The topological polar surface area (TPSA) is 91.2 Å². The molecule has 1 amide bonds. The molecule has 0 fully saturated rings. The molecule has 6 heteroatoms. The van der Waals surface area contributed by atoms with Gasteiger partial charge in [0.05, 0.1) is 0 Å². The molecule has 4 atom stereocenters. The predicted octanol–water partition coefficient (Wildman–Crippen LogP) is 4.09. The van der Waals surface area contributed by atoms with Crippen LogP contribution in [-0.2, 0) is 4.79 Å². The maximum Gasteiger partial charge on any atom is 0.220 e. The first-order valence-electron chi connectivity index (χ1n) is 13.6. The second-order valence-corrected chi connectivity index (χ2v) is 9.99. The van der Waals surface area contributed by atoms with E-state index in [1.54, 1.807) is 0 Å². The second-order valence-electron chi connectivity index (χ2n) is 9.99. The van der Waals surface area contributed by atoms with Gasteiger partial charge in [-0.1, -0.05) is 71.1 Å². The molecule has 0 spiro atoms. The van der Waals surface area contributed by atoms with Crippen LogP contribution in [0.4, 0.5) is 0 Å². The number of nitrogens with two attached hydrogens (primary N) is 1. The van der Waals surface area contributed by atoms with Crippen molar-refractivity contribution < 1.29 is 4.79 Å². The van der Waals surface area contributed by atoms with Gasteiger partial charge < -0.3 is 27.0 Å². The van der Waals surface area contributed by atoms with Crippen LogP contribution in [0.15, 0.2) is 0 Å². The van der Waals surface area contributed by atoms with Crippen molar-refractivity contribution >= 4 is 5.91 Å². The first kappa shape index (κ1) is 31.3. The van der Waals surface area contributed by atoms with E-state index in [0.29, 0.717) is 25.0 Å². The van der Waals surface area contributed by atoms with Crippen molar-refractivity contribution in [2.45, 2.75) is 136 Å². The maximum atomic E-state index is 12.1. The van der Waals surface area contributed by atoms with E-state index in [2.05, 4.69) is 49.0 Å². The van der Waals surface area contributed by atoms with E-state index in [9.17, 15) is 4.79 Å². The summed E-state index contributed by atoms with van der Waals surface area (Å²) in [7, 11) is 0. The molecule has 0 radical (unpaired) electrons. The number of carbonyl (C=O) groups excluding carboxylic acids is 1. The SMILES string of the molecule is CCCCCCCCCCCCCC(=O)NCC(C)NCC(C)NCC(C)NCC(C)N. The van der Waals surface area contributed by atoms with Gasteiger partial charge in [-0.15, -0.1) is 0 Å². The van der Waals surface area contributed by atoms with Crippen LogP contribution in [0.5, 0.6) is 0 Å². The first-order chi connectivity index (χ1) is 15.3. The summed E-state index contributed by atoms with van der Waals surface area (Å²) >= 11 is 0. The number of nitrogens with one attached hydrogen (secondary N) is 4. The number of amides is 1. The van der Waals surface area contributed by atoms with E-state index in [1.807, 2.05) is 6.92 Å². The van der Waals surface area contributed by atoms with Gasteiger partial charge in [-0.3, -0.25) is 4.79 Å². The molecule has 0 bridgehead atoms. The number of hydrogen-bond acceptors (Lipinski definition) is 5. The minimum absolute atomic E-state index is 0.183. The minimum Gasteiger partial charge on any atom is -0.355 e. The molecule has 192 valence electrons. The van der Waals surface area contributed by atoms with Crippen LogP contribution in [0.2, 0.25) is 0 Å². The lowest BCUT2D eigenvalue weighted by Crippen LogP contribution is -2.48. The molecule has 0 aliphatic carbocycles. The Balaban J connectivity index is 3.53. The Hall–Kier alpha value is -0.690. The third-order valence-electron chi connectivity index (χ3n) is 5.95. The summed E-state index contributed by atoms with van der Waals surface area (Å²) < 4.78 is 0. The van der Waals surface area contributed by atoms with Crippen molar-refractivity contribution in [1.82, 2.24) is 21.3 Å². The van der Waals surface area contributed by atoms with Crippen LogP contribution in [-0.4, -0.2) is 56.3 Å². The van der Waals surface area contributed by atoms with Gasteiger partial charge in [-0.05, 0) is 34.1 Å². The molecular weight excluding hydrogens is 398 g/mol. The van der Waals surface area contributed by atoms with Gasteiger partial charge in [-0.2, -0.15) is 0 Å². The van der Waals surface area contributed by atoms with Gasteiger partial charge >= 0.3 is 0 Å². The number of carbonyl (C=O) groups is 1. The lowest BCUT2D eigenvalue weighted by molar-refractivity contribution is -0.121. The Morgan fingerprint density at radius 2 is 1.03 bits per heavy atom. The van der Waals surface area contributed by atoms with Crippen LogP contribution < -0.4 is 27.0 Å². The fourth-order valence-corrected chi connectivity index (χ4v) is 3.66. The highest BCUT2D eigenvalue weighted by Gasteiger charge is 2.09. The van der Waals surface area contributed by atoms with Crippen molar-refractivity contribution in [3.05, 3.63) is 0 Å². The van der Waals surface area contributed by atoms with Crippen LogP contribution in [0.3, 0.4) is 0 Å². The van der Waals surface area contributed by atoms with Gasteiger partial charge in [0.2, 0.25) is 5.91 Å². The van der Waals surface area contributed by atoms with Gasteiger partial charge in [0.25, 0.3) is 0 Å². The standard InChI is InChI=1S/C26H57N5O/c1-6-7-8-9-10-11-12-13-14-15-16-17-26(32)31-21-25(5)30-20-24(4)29-19-23(3)28-18-22(2)27/h22-25,28-30H,6-21,27H2,1-5H3,(H,31,32). The largest absolute Gasteiger partial charge is 0.355 e. The van der Waals surface area contributed by atoms with Gasteiger partial charge in [0, 0.05) is 56.8 Å².